The van der Waals surface area contributed by atoms with Crippen LogP contribution in [0.5, 0.6) is 0 Å². The normalized spacial score (nSPS) is 13.2. The van der Waals surface area contributed by atoms with Gasteiger partial charge in [-0.15, -0.1) is 11.3 Å². The number of rotatable bonds is 2. The topological polar surface area (TPSA) is 24.9 Å². The molecule has 1 rings (SSSR count). The average molecular weight is 238 g/mol. The van der Waals surface area contributed by atoms with Gasteiger partial charge in [0.15, 0.2) is 5.01 Å². The van der Waals surface area contributed by atoms with E-state index in [1.54, 1.807) is 0 Å². The third kappa shape index (κ3) is 4.17. The lowest BCUT2D eigenvalue weighted by atomic mass is 10.1. The Kier molecular flexibility index (Phi) is 3.40. The molecule has 0 amide bonds. The highest BCUT2D eigenvalue weighted by Crippen LogP contribution is 2.32. The first kappa shape index (κ1) is 12.4. The van der Waals surface area contributed by atoms with Gasteiger partial charge in [0, 0.05) is 23.2 Å². The molecule has 0 saturated carbocycles. The van der Waals surface area contributed by atoms with Gasteiger partial charge >= 0.3 is 6.18 Å². The van der Waals surface area contributed by atoms with Crippen molar-refractivity contribution in [1.82, 2.24) is 10.3 Å². The van der Waals surface area contributed by atoms with Gasteiger partial charge in [-0.2, -0.15) is 13.2 Å². The molecule has 6 heteroatoms. The minimum atomic E-state index is -4.33. The molecule has 2 nitrogen and oxygen atoms in total. The molecule has 0 aliphatic rings. The summed E-state index contributed by atoms with van der Waals surface area (Å²) in [5.74, 6) is 0. The number of hydrogen-bond donors (Lipinski definition) is 1. The molecule has 1 heterocycles. The van der Waals surface area contributed by atoms with Crippen LogP contribution in [-0.2, 0) is 12.7 Å². The van der Waals surface area contributed by atoms with Crippen molar-refractivity contribution in [2.24, 2.45) is 0 Å². The van der Waals surface area contributed by atoms with Gasteiger partial charge in [0.25, 0.3) is 0 Å². The first-order valence-corrected chi connectivity index (χ1v) is 5.27. The van der Waals surface area contributed by atoms with E-state index in [0.29, 0.717) is 22.8 Å². The largest absolute Gasteiger partial charge is 0.443 e. The van der Waals surface area contributed by atoms with Crippen LogP contribution in [0.1, 0.15) is 30.7 Å². The number of thiazole rings is 1. The minimum absolute atomic E-state index is 0.109. The third-order valence-corrected chi connectivity index (χ3v) is 2.63. The molecule has 1 aromatic rings. The average Bonchev–Trinajstić information content (AvgIpc) is 2.45. The molecule has 86 valence electrons. The molecule has 0 saturated heterocycles. The van der Waals surface area contributed by atoms with Crippen LogP contribution in [0, 0.1) is 0 Å². The number of halogens is 3. The molecule has 0 atom stereocenters. The van der Waals surface area contributed by atoms with Gasteiger partial charge in [0.2, 0.25) is 0 Å². The van der Waals surface area contributed by atoms with E-state index in [9.17, 15) is 13.2 Å². The van der Waals surface area contributed by atoms with Crippen LogP contribution in [0.3, 0.4) is 0 Å². The summed E-state index contributed by atoms with van der Waals surface area (Å²) in [6, 6.07) is 0. The molecule has 0 bridgehead atoms. The van der Waals surface area contributed by atoms with Gasteiger partial charge in [0.05, 0.1) is 0 Å². The van der Waals surface area contributed by atoms with E-state index in [1.165, 1.54) is 6.20 Å². The van der Waals surface area contributed by atoms with Crippen molar-refractivity contribution in [2.45, 2.75) is 39.0 Å². The highest BCUT2D eigenvalue weighted by Gasteiger charge is 2.34. The van der Waals surface area contributed by atoms with Crippen LogP contribution < -0.4 is 5.32 Å². The molecule has 1 N–H and O–H groups in total. The summed E-state index contributed by atoms with van der Waals surface area (Å²) in [4.78, 5) is 3.94. The molecule has 0 radical (unpaired) electrons. The predicted octanol–water partition coefficient (Wildman–Crippen LogP) is 3.05. The molecular formula is C9H13F3N2S. The van der Waals surface area contributed by atoms with E-state index in [0.717, 1.165) is 0 Å². The monoisotopic (exact) mass is 238 g/mol. The fraction of sp³-hybridized carbons (Fsp3) is 0.667. The van der Waals surface area contributed by atoms with Gasteiger partial charge in [-0.1, -0.05) is 0 Å². The van der Waals surface area contributed by atoms with Crippen molar-refractivity contribution in [1.29, 1.82) is 0 Å². The van der Waals surface area contributed by atoms with E-state index in [1.807, 2.05) is 20.8 Å². The van der Waals surface area contributed by atoms with Crippen molar-refractivity contribution >= 4 is 11.3 Å². The Bertz CT molecular complexity index is 325. The second-order valence-corrected chi connectivity index (χ2v) is 5.35. The lowest BCUT2D eigenvalue weighted by Crippen LogP contribution is -2.34. The zero-order valence-corrected chi connectivity index (χ0v) is 9.59. The molecule has 0 aliphatic heterocycles. The van der Waals surface area contributed by atoms with Gasteiger partial charge in [-0.05, 0) is 20.8 Å². The summed E-state index contributed by atoms with van der Waals surface area (Å²) in [6.45, 7) is 6.29. The van der Waals surface area contributed by atoms with Gasteiger partial charge in [0.1, 0.15) is 0 Å². The second-order valence-electron chi connectivity index (χ2n) is 4.23. The number of aromatic nitrogens is 1. The van der Waals surface area contributed by atoms with Gasteiger partial charge < -0.3 is 5.32 Å². The highest BCUT2D eigenvalue weighted by molar-refractivity contribution is 7.11. The van der Waals surface area contributed by atoms with Gasteiger partial charge in [-0.3, -0.25) is 0 Å². The van der Waals surface area contributed by atoms with Gasteiger partial charge in [-0.25, -0.2) is 4.98 Å². The zero-order valence-electron chi connectivity index (χ0n) is 8.77. The summed E-state index contributed by atoms with van der Waals surface area (Å²) in [6.07, 6.45) is -3.06. The third-order valence-electron chi connectivity index (χ3n) is 1.59. The minimum Gasteiger partial charge on any atom is -0.307 e. The molecule has 0 spiro atoms. The fourth-order valence-corrected chi connectivity index (χ4v) is 1.59. The number of hydrogen-bond acceptors (Lipinski definition) is 3. The number of alkyl halides is 3. The Morgan fingerprint density at radius 1 is 1.33 bits per heavy atom. The number of nitrogens with one attached hydrogen (secondary N) is 1. The molecule has 15 heavy (non-hydrogen) atoms. The van der Waals surface area contributed by atoms with Crippen LogP contribution in [0.4, 0.5) is 13.2 Å². The standard InChI is InChI=1S/C9H13F3N2S/c1-8(2,3)14-5-6-4-13-7(15-6)9(10,11)12/h4,14H,5H2,1-3H3. The van der Waals surface area contributed by atoms with Crippen molar-refractivity contribution in [3.8, 4) is 0 Å². The number of nitrogens with zero attached hydrogens (tertiary/aromatic N) is 1. The van der Waals surface area contributed by atoms with E-state index >= 15 is 0 Å². The van der Waals surface area contributed by atoms with E-state index < -0.39 is 11.2 Å². The van der Waals surface area contributed by atoms with Crippen molar-refractivity contribution < 1.29 is 13.2 Å². The summed E-state index contributed by atoms with van der Waals surface area (Å²) < 4.78 is 36.6. The molecule has 0 unspecified atom stereocenters. The zero-order chi connectivity index (χ0) is 11.7. The van der Waals surface area contributed by atoms with Crippen molar-refractivity contribution in [3.05, 3.63) is 16.1 Å². The maximum absolute atomic E-state index is 12.2. The molecule has 0 aliphatic carbocycles. The van der Waals surface area contributed by atoms with E-state index in [4.69, 9.17) is 0 Å². The smallest absolute Gasteiger partial charge is 0.307 e. The predicted molar refractivity (Wildman–Crippen MR) is 53.7 cm³/mol. The summed E-state index contributed by atoms with van der Waals surface area (Å²) in [5, 5.41) is 2.32. The maximum atomic E-state index is 12.2. The highest BCUT2D eigenvalue weighted by atomic mass is 32.1. The van der Waals surface area contributed by atoms with Crippen molar-refractivity contribution in [2.75, 3.05) is 0 Å². The Morgan fingerprint density at radius 2 is 1.93 bits per heavy atom. The maximum Gasteiger partial charge on any atom is 0.443 e. The Labute approximate surface area is 90.5 Å². The first-order chi connectivity index (χ1) is 6.68. The van der Waals surface area contributed by atoms with Crippen molar-refractivity contribution in [3.63, 3.8) is 0 Å². The van der Waals surface area contributed by atoms with E-state index in [2.05, 4.69) is 10.3 Å². The summed E-state index contributed by atoms with van der Waals surface area (Å²) in [5.41, 5.74) is -0.109. The van der Waals surface area contributed by atoms with E-state index in [-0.39, 0.29) is 5.54 Å². The lowest BCUT2D eigenvalue weighted by molar-refractivity contribution is -0.137. The van der Waals surface area contributed by atoms with Crippen LogP contribution in [0.15, 0.2) is 6.20 Å². The lowest BCUT2D eigenvalue weighted by Gasteiger charge is -2.19. The molecule has 0 fully saturated rings. The quantitative estimate of drug-likeness (QED) is 0.856. The summed E-state index contributed by atoms with van der Waals surface area (Å²) >= 11 is 0.682. The van der Waals surface area contributed by atoms with Crippen LogP contribution in [0.2, 0.25) is 0 Å². The second kappa shape index (κ2) is 4.09. The van der Waals surface area contributed by atoms with Crippen LogP contribution >= 0.6 is 11.3 Å². The SMILES string of the molecule is CC(C)(C)NCc1cnc(C(F)(F)F)s1. The van der Waals surface area contributed by atoms with Crippen LogP contribution in [-0.4, -0.2) is 10.5 Å². The Morgan fingerprint density at radius 3 is 2.33 bits per heavy atom. The Hall–Kier alpha value is -0.620. The first-order valence-electron chi connectivity index (χ1n) is 4.45. The van der Waals surface area contributed by atoms with Crippen LogP contribution in [0.25, 0.3) is 0 Å². The molecule has 1 aromatic heterocycles. The Balaban J connectivity index is 2.62. The molecular weight excluding hydrogens is 225 g/mol. The summed E-state index contributed by atoms with van der Waals surface area (Å²) in [7, 11) is 0. The molecule has 0 aromatic carbocycles. The fourth-order valence-electron chi connectivity index (χ4n) is 0.873.